The number of halogens is 2. The summed E-state index contributed by atoms with van der Waals surface area (Å²) in [6.45, 7) is 0.953. The Kier molecular flexibility index (Phi) is 2.21. The van der Waals surface area contributed by atoms with Gasteiger partial charge in [-0.3, -0.25) is 4.90 Å². The average Bonchev–Trinajstić information content (AvgIpc) is 1.78. The molecule has 0 saturated carbocycles. The van der Waals surface area contributed by atoms with E-state index in [9.17, 15) is 8.78 Å². The second kappa shape index (κ2) is 2.80. The second-order valence-corrected chi connectivity index (χ2v) is 2.56. The highest BCUT2D eigenvalue weighted by Crippen LogP contribution is 2.25. The Balaban J connectivity index is 2.03. The van der Waals surface area contributed by atoms with Gasteiger partial charge in [0.15, 0.2) is 0 Å². The van der Waals surface area contributed by atoms with Crippen molar-refractivity contribution in [1.29, 1.82) is 0 Å². The van der Waals surface area contributed by atoms with Crippen LogP contribution in [0.1, 0.15) is 0 Å². The lowest BCUT2D eigenvalue weighted by molar-refractivity contribution is -0.133. The Bertz CT molecular complexity index is 110. The summed E-state index contributed by atoms with van der Waals surface area (Å²) in [6, 6.07) is 0. The lowest BCUT2D eigenvalue weighted by Gasteiger charge is -2.38. The molecule has 0 bridgehead atoms. The molecule has 0 aromatic heterocycles. The molecule has 1 fully saturated rings. The molecule has 0 aromatic carbocycles. The third kappa shape index (κ3) is 1.88. The second-order valence-electron chi connectivity index (χ2n) is 2.56. The Labute approximate surface area is 58.8 Å². The molecule has 60 valence electrons. The Morgan fingerprint density at radius 1 is 1.50 bits per heavy atom. The van der Waals surface area contributed by atoms with E-state index >= 15 is 0 Å². The number of rotatable bonds is 3. The minimum atomic E-state index is -2.44. The largest absolute Gasteiger partial charge is 0.383 e. The highest BCUT2D eigenvalue weighted by molar-refractivity contribution is 4.86. The van der Waals surface area contributed by atoms with Crippen LogP contribution in [0.25, 0.3) is 0 Å². The molecule has 0 radical (unpaired) electrons. The summed E-state index contributed by atoms with van der Waals surface area (Å²) < 4.78 is 29.0. The van der Waals surface area contributed by atoms with Crippen LogP contribution in [0, 0.1) is 0 Å². The van der Waals surface area contributed by atoms with Crippen molar-refractivity contribution in [1.82, 2.24) is 4.90 Å². The van der Waals surface area contributed by atoms with E-state index in [0.29, 0.717) is 13.2 Å². The van der Waals surface area contributed by atoms with Gasteiger partial charge in [-0.05, 0) is 0 Å². The summed E-state index contributed by atoms with van der Waals surface area (Å²) in [5.74, 6) is -2.44. The molecule has 1 rings (SSSR count). The molecule has 0 amide bonds. The van der Waals surface area contributed by atoms with Gasteiger partial charge in [0, 0.05) is 13.7 Å². The molecular weight excluding hydrogens is 140 g/mol. The molecule has 0 atom stereocenters. The third-order valence-electron chi connectivity index (χ3n) is 1.52. The monoisotopic (exact) mass is 151 g/mol. The topological polar surface area (TPSA) is 12.5 Å². The van der Waals surface area contributed by atoms with Crippen LogP contribution in [0.5, 0.6) is 0 Å². The zero-order valence-corrected chi connectivity index (χ0v) is 5.94. The molecular formula is C6H11F2NO. The summed E-state index contributed by atoms with van der Waals surface area (Å²) in [6.07, 6.45) is 0. The lowest BCUT2D eigenvalue weighted by Crippen LogP contribution is -2.56. The molecule has 1 heterocycles. The lowest BCUT2D eigenvalue weighted by atomic mass is 10.1. The number of nitrogens with zero attached hydrogens (tertiary/aromatic N) is 1. The van der Waals surface area contributed by atoms with Gasteiger partial charge in [0.05, 0.1) is 19.7 Å². The molecule has 0 spiro atoms. The number of alkyl halides is 2. The molecule has 0 N–H and O–H groups in total. The van der Waals surface area contributed by atoms with Crippen molar-refractivity contribution < 1.29 is 13.5 Å². The molecule has 0 unspecified atom stereocenters. The molecule has 0 aromatic rings. The normalized spacial score (nSPS) is 24.3. The first-order valence-electron chi connectivity index (χ1n) is 3.23. The maximum Gasteiger partial charge on any atom is 0.272 e. The van der Waals surface area contributed by atoms with Gasteiger partial charge in [-0.25, -0.2) is 8.78 Å². The Morgan fingerprint density at radius 2 is 2.10 bits per heavy atom. The first-order valence-corrected chi connectivity index (χ1v) is 3.23. The molecule has 4 heteroatoms. The fourth-order valence-corrected chi connectivity index (χ4v) is 0.986. The van der Waals surface area contributed by atoms with E-state index in [0.717, 1.165) is 0 Å². The van der Waals surface area contributed by atoms with Crippen molar-refractivity contribution >= 4 is 0 Å². The molecule has 0 aliphatic carbocycles. The standard InChI is InChI=1S/C6H11F2NO/c1-10-3-2-9-4-6(7,8)5-9/h2-5H2,1H3. The van der Waals surface area contributed by atoms with Crippen molar-refractivity contribution in [2.75, 3.05) is 33.4 Å². The Hall–Kier alpha value is -0.220. The quantitative estimate of drug-likeness (QED) is 0.585. The molecule has 2 nitrogen and oxygen atoms in total. The number of ether oxygens (including phenoxy) is 1. The summed E-state index contributed by atoms with van der Waals surface area (Å²) in [7, 11) is 1.57. The first-order chi connectivity index (χ1) is 4.64. The van der Waals surface area contributed by atoms with Crippen LogP contribution in [-0.4, -0.2) is 44.2 Å². The van der Waals surface area contributed by atoms with Gasteiger partial charge in [-0.15, -0.1) is 0 Å². The predicted octanol–water partition coefficient (Wildman–Crippen LogP) is 0.584. The number of methoxy groups -OCH3 is 1. The fraction of sp³-hybridized carbons (Fsp3) is 1.00. The van der Waals surface area contributed by atoms with E-state index in [1.165, 1.54) is 0 Å². The molecule has 1 saturated heterocycles. The van der Waals surface area contributed by atoms with Crippen LogP contribution in [0.15, 0.2) is 0 Å². The van der Waals surface area contributed by atoms with Gasteiger partial charge >= 0.3 is 0 Å². The van der Waals surface area contributed by atoms with E-state index in [1.54, 1.807) is 12.0 Å². The predicted molar refractivity (Wildman–Crippen MR) is 33.3 cm³/mol. The van der Waals surface area contributed by atoms with E-state index in [1.807, 2.05) is 0 Å². The molecule has 1 aliphatic heterocycles. The van der Waals surface area contributed by atoms with Crippen molar-refractivity contribution in [2.45, 2.75) is 5.92 Å². The smallest absolute Gasteiger partial charge is 0.272 e. The molecule has 1 aliphatic rings. The van der Waals surface area contributed by atoms with Gasteiger partial charge in [0.1, 0.15) is 0 Å². The van der Waals surface area contributed by atoms with Crippen LogP contribution in [0.4, 0.5) is 8.78 Å². The fourth-order valence-electron chi connectivity index (χ4n) is 0.986. The minimum absolute atomic E-state index is 0.101. The first kappa shape index (κ1) is 7.88. The van der Waals surface area contributed by atoms with E-state index in [2.05, 4.69) is 0 Å². The zero-order valence-electron chi connectivity index (χ0n) is 5.94. The summed E-state index contributed by atoms with van der Waals surface area (Å²) in [5, 5.41) is 0. The van der Waals surface area contributed by atoms with Crippen LogP contribution in [0.2, 0.25) is 0 Å². The minimum Gasteiger partial charge on any atom is -0.383 e. The highest BCUT2D eigenvalue weighted by Gasteiger charge is 2.43. The van der Waals surface area contributed by atoms with E-state index in [-0.39, 0.29) is 13.1 Å². The van der Waals surface area contributed by atoms with Gasteiger partial charge in [0.25, 0.3) is 5.92 Å². The van der Waals surface area contributed by atoms with Crippen LogP contribution < -0.4 is 0 Å². The van der Waals surface area contributed by atoms with Crippen molar-refractivity contribution in [3.05, 3.63) is 0 Å². The van der Waals surface area contributed by atoms with E-state index < -0.39 is 5.92 Å². The zero-order chi connectivity index (χ0) is 7.61. The maximum absolute atomic E-state index is 12.1. The number of hydrogen-bond donors (Lipinski definition) is 0. The van der Waals surface area contributed by atoms with Gasteiger partial charge in [-0.1, -0.05) is 0 Å². The van der Waals surface area contributed by atoms with Crippen LogP contribution in [0.3, 0.4) is 0 Å². The summed E-state index contributed by atoms with van der Waals surface area (Å²) in [4.78, 5) is 1.67. The Morgan fingerprint density at radius 3 is 2.50 bits per heavy atom. The van der Waals surface area contributed by atoms with Gasteiger partial charge < -0.3 is 4.74 Å². The highest BCUT2D eigenvalue weighted by atomic mass is 19.3. The van der Waals surface area contributed by atoms with Gasteiger partial charge in [-0.2, -0.15) is 0 Å². The van der Waals surface area contributed by atoms with Crippen molar-refractivity contribution in [2.24, 2.45) is 0 Å². The summed E-state index contributed by atoms with van der Waals surface area (Å²) >= 11 is 0. The SMILES string of the molecule is COCCN1CC(F)(F)C1. The van der Waals surface area contributed by atoms with Crippen LogP contribution in [-0.2, 0) is 4.74 Å². The third-order valence-corrected chi connectivity index (χ3v) is 1.52. The van der Waals surface area contributed by atoms with Crippen LogP contribution >= 0.6 is 0 Å². The van der Waals surface area contributed by atoms with E-state index in [4.69, 9.17) is 4.74 Å². The average molecular weight is 151 g/mol. The van der Waals surface area contributed by atoms with Crippen molar-refractivity contribution in [3.63, 3.8) is 0 Å². The number of likely N-dealkylation sites (tertiary alicyclic amines) is 1. The van der Waals surface area contributed by atoms with Gasteiger partial charge in [0.2, 0.25) is 0 Å². The van der Waals surface area contributed by atoms with Crippen molar-refractivity contribution in [3.8, 4) is 0 Å². The summed E-state index contributed by atoms with van der Waals surface area (Å²) in [5.41, 5.74) is 0. The molecule has 10 heavy (non-hydrogen) atoms. The maximum atomic E-state index is 12.1. The number of hydrogen-bond acceptors (Lipinski definition) is 2.